The van der Waals surface area contributed by atoms with E-state index in [1.54, 1.807) is 11.3 Å². The molecule has 1 amide bonds. The van der Waals surface area contributed by atoms with Crippen LogP contribution in [-0.2, 0) is 9.53 Å². The molecule has 0 radical (unpaired) electrons. The number of aromatic nitrogens is 1. The molecule has 0 atom stereocenters. The number of rotatable bonds is 2. The molecule has 3 fully saturated rings. The number of anilines is 1. The predicted octanol–water partition coefficient (Wildman–Crippen LogP) is 1.89. The molecule has 128 valence electrons. The van der Waals surface area contributed by atoms with E-state index in [9.17, 15) is 10.1 Å². The smallest absolute Gasteiger partial charge is 0.243 e. The largest absolute Gasteiger partial charge is 0.379 e. The fourth-order valence-corrected chi connectivity index (χ4v) is 4.49. The number of amides is 1. The minimum absolute atomic E-state index is 0.0474. The summed E-state index contributed by atoms with van der Waals surface area (Å²) < 4.78 is 5.89. The standard InChI is InChI=1S/C17H22N4O2S/c18-11-17(1-2-17)14(22)20-6-3-16(4-7-20)12-21(8-9-23-13-16)15-19-5-10-24-15/h5,10H,1-4,6-9,12-13H2. The van der Waals surface area contributed by atoms with Gasteiger partial charge in [-0.3, -0.25) is 4.79 Å². The van der Waals surface area contributed by atoms with Crippen molar-refractivity contribution in [2.24, 2.45) is 10.8 Å². The molecule has 7 heteroatoms. The summed E-state index contributed by atoms with van der Waals surface area (Å²) in [5, 5.41) is 12.3. The Hall–Kier alpha value is -1.65. The van der Waals surface area contributed by atoms with Crippen LogP contribution in [0.4, 0.5) is 5.13 Å². The van der Waals surface area contributed by atoms with E-state index in [2.05, 4.69) is 16.0 Å². The summed E-state index contributed by atoms with van der Waals surface area (Å²) in [5.41, 5.74) is -0.611. The predicted molar refractivity (Wildman–Crippen MR) is 90.7 cm³/mol. The van der Waals surface area contributed by atoms with Gasteiger partial charge in [-0.25, -0.2) is 4.98 Å². The van der Waals surface area contributed by atoms with Crippen molar-refractivity contribution in [1.29, 1.82) is 5.26 Å². The minimum atomic E-state index is -0.697. The molecule has 0 unspecified atom stereocenters. The average Bonchev–Trinajstić information content (AvgIpc) is 3.29. The van der Waals surface area contributed by atoms with Crippen LogP contribution in [0.2, 0.25) is 0 Å². The SMILES string of the molecule is N#CC1(C(=O)N2CCC3(CC2)COCCN(c2nccs2)C3)CC1. The number of carbonyl (C=O) groups excluding carboxylic acids is 1. The Morgan fingerprint density at radius 2 is 2.08 bits per heavy atom. The van der Waals surface area contributed by atoms with Gasteiger partial charge in [-0.15, -0.1) is 11.3 Å². The number of likely N-dealkylation sites (tertiary alicyclic amines) is 1. The van der Waals surface area contributed by atoms with Gasteiger partial charge in [0.25, 0.3) is 0 Å². The highest BCUT2D eigenvalue weighted by Crippen LogP contribution is 2.47. The lowest BCUT2D eigenvalue weighted by Crippen LogP contribution is -2.50. The van der Waals surface area contributed by atoms with Gasteiger partial charge in [-0.05, 0) is 25.7 Å². The molecule has 3 heterocycles. The van der Waals surface area contributed by atoms with Crippen molar-refractivity contribution >= 4 is 22.4 Å². The maximum absolute atomic E-state index is 12.6. The van der Waals surface area contributed by atoms with Crippen LogP contribution < -0.4 is 4.90 Å². The summed E-state index contributed by atoms with van der Waals surface area (Å²) in [6, 6.07) is 2.23. The number of nitriles is 1. The second-order valence-corrected chi connectivity index (χ2v) is 8.15. The number of ether oxygens (including phenoxy) is 1. The van der Waals surface area contributed by atoms with Crippen molar-refractivity contribution in [3.63, 3.8) is 0 Å². The zero-order valence-electron chi connectivity index (χ0n) is 13.7. The molecule has 4 rings (SSSR count). The van der Waals surface area contributed by atoms with E-state index < -0.39 is 5.41 Å². The second kappa shape index (κ2) is 6.01. The molecule has 3 aliphatic rings. The first kappa shape index (κ1) is 15.9. The van der Waals surface area contributed by atoms with Crippen LogP contribution in [0.15, 0.2) is 11.6 Å². The Morgan fingerprint density at radius 1 is 1.29 bits per heavy atom. The molecular formula is C17H22N4O2S. The van der Waals surface area contributed by atoms with Gasteiger partial charge in [0.1, 0.15) is 5.41 Å². The molecule has 1 aliphatic carbocycles. The lowest BCUT2D eigenvalue weighted by atomic mass is 9.78. The van der Waals surface area contributed by atoms with Crippen LogP contribution in [-0.4, -0.2) is 55.2 Å². The number of hydrogen-bond acceptors (Lipinski definition) is 6. The summed E-state index contributed by atoms with van der Waals surface area (Å²) in [7, 11) is 0. The summed E-state index contributed by atoms with van der Waals surface area (Å²) in [4.78, 5) is 21.2. The number of piperidine rings is 1. The van der Waals surface area contributed by atoms with E-state index in [1.165, 1.54) is 0 Å². The molecule has 2 saturated heterocycles. The van der Waals surface area contributed by atoms with E-state index >= 15 is 0 Å². The fourth-order valence-electron chi connectivity index (χ4n) is 3.82. The second-order valence-electron chi connectivity index (χ2n) is 7.27. The molecule has 1 saturated carbocycles. The first-order valence-electron chi connectivity index (χ1n) is 8.59. The molecule has 1 aromatic heterocycles. The van der Waals surface area contributed by atoms with Gasteiger partial charge in [0.05, 0.1) is 19.3 Å². The van der Waals surface area contributed by atoms with Crippen LogP contribution >= 0.6 is 11.3 Å². The summed E-state index contributed by atoms with van der Waals surface area (Å²) in [5.74, 6) is 0.0474. The van der Waals surface area contributed by atoms with Crippen molar-refractivity contribution in [2.75, 3.05) is 44.3 Å². The molecule has 1 spiro atoms. The van der Waals surface area contributed by atoms with Crippen molar-refractivity contribution in [3.8, 4) is 6.07 Å². The van der Waals surface area contributed by atoms with Gasteiger partial charge in [-0.2, -0.15) is 5.26 Å². The maximum atomic E-state index is 12.6. The molecular weight excluding hydrogens is 324 g/mol. The van der Waals surface area contributed by atoms with E-state index in [1.807, 2.05) is 16.5 Å². The third kappa shape index (κ3) is 2.78. The van der Waals surface area contributed by atoms with Crippen molar-refractivity contribution in [2.45, 2.75) is 25.7 Å². The lowest BCUT2D eigenvalue weighted by molar-refractivity contribution is -0.137. The third-order valence-corrected chi connectivity index (χ3v) is 6.45. The fraction of sp³-hybridized carbons (Fsp3) is 0.706. The Balaban J connectivity index is 1.43. The Morgan fingerprint density at radius 3 is 2.71 bits per heavy atom. The normalized spacial score (nSPS) is 25.1. The van der Waals surface area contributed by atoms with E-state index in [0.717, 1.165) is 70.2 Å². The van der Waals surface area contributed by atoms with Crippen molar-refractivity contribution in [3.05, 3.63) is 11.6 Å². The monoisotopic (exact) mass is 346 g/mol. The van der Waals surface area contributed by atoms with Crippen LogP contribution in [0.5, 0.6) is 0 Å². The topological polar surface area (TPSA) is 69.5 Å². The average molecular weight is 346 g/mol. The zero-order valence-corrected chi connectivity index (χ0v) is 14.6. The Bertz CT molecular complexity index is 642. The van der Waals surface area contributed by atoms with Gasteiger partial charge in [0.15, 0.2) is 5.13 Å². The highest BCUT2D eigenvalue weighted by Gasteiger charge is 2.53. The van der Waals surface area contributed by atoms with Gasteiger partial charge < -0.3 is 14.5 Å². The molecule has 24 heavy (non-hydrogen) atoms. The first-order valence-corrected chi connectivity index (χ1v) is 9.47. The molecule has 0 aromatic carbocycles. The number of nitrogens with zero attached hydrogens (tertiary/aromatic N) is 4. The summed E-state index contributed by atoms with van der Waals surface area (Å²) >= 11 is 1.66. The third-order valence-electron chi connectivity index (χ3n) is 5.61. The number of hydrogen-bond donors (Lipinski definition) is 0. The quantitative estimate of drug-likeness (QED) is 0.818. The highest BCUT2D eigenvalue weighted by molar-refractivity contribution is 7.13. The van der Waals surface area contributed by atoms with Crippen LogP contribution in [0.1, 0.15) is 25.7 Å². The van der Waals surface area contributed by atoms with Gasteiger partial charge in [0.2, 0.25) is 5.91 Å². The molecule has 0 bridgehead atoms. The summed E-state index contributed by atoms with van der Waals surface area (Å²) in [6.07, 6.45) is 5.16. The van der Waals surface area contributed by atoms with Crippen molar-refractivity contribution in [1.82, 2.24) is 9.88 Å². The molecule has 2 aliphatic heterocycles. The zero-order chi connectivity index (χ0) is 16.6. The van der Waals surface area contributed by atoms with Gasteiger partial charge in [-0.1, -0.05) is 0 Å². The Kier molecular flexibility index (Phi) is 3.97. The minimum Gasteiger partial charge on any atom is -0.379 e. The first-order chi connectivity index (χ1) is 11.7. The number of thiazole rings is 1. The van der Waals surface area contributed by atoms with E-state index in [-0.39, 0.29) is 11.3 Å². The molecule has 1 aromatic rings. The van der Waals surface area contributed by atoms with Crippen LogP contribution in [0.3, 0.4) is 0 Å². The lowest BCUT2D eigenvalue weighted by Gasteiger charge is -2.43. The van der Waals surface area contributed by atoms with Gasteiger partial charge in [0, 0.05) is 43.2 Å². The number of carbonyl (C=O) groups is 1. The maximum Gasteiger partial charge on any atom is 0.243 e. The van der Waals surface area contributed by atoms with Crippen LogP contribution in [0.25, 0.3) is 0 Å². The van der Waals surface area contributed by atoms with Crippen LogP contribution in [0, 0.1) is 22.2 Å². The highest BCUT2D eigenvalue weighted by atomic mass is 32.1. The molecule has 0 N–H and O–H groups in total. The van der Waals surface area contributed by atoms with Crippen molar-refractivity contribution < 1.29 is 9.53 Å². The van der Waals surface area contributed by atoms with E-state index in [0.29, 0.717) is 0 Å². The summed E-state index contributed by atoms with van der Waals surface area (Å²) in [6.45, 7) is 4.75. The molecule has 6 nitrogen and oxygen atoms in total. The van der Waals surface area contributed by atoms with Gasteiger partial charge >= 0.3 is 0 Å². The Labute approximate surface area is 146 Å². The van der Waals surface area contributed by atoms with E-state index in [4.69, 9.17) is 4.74 Å².